The number of ether oxygens (including phenoxy) is 1. The molecule has 0 amide bonds. The maximum absolute atomic E-state index is 7.04. The zero-order valence-electron chi connectivity index (χ0n) is 21.1. The lowest BCUT2D eigenvalue weighted by Gasteiger charge is -2.40. The predicted octanol–water partition coefficient (Wildman–Crippen LogP) is 7.57. The second kappa shape index (κ2) is 11.1. The molecule has 0 bridgehead atoms. The topological polar surface area (TPSA) is 48.1 Å². The third kappa shape index (κ3) is 5.94. The predicted molar refractivity (Wildman–Crippen MR) is 148 cm³/mol. The molecule has 1 atom stereocenters. The lowest BCUT2D eigenvalue weighted by Crippen LogP contribution is -2.51. The Balaban J connectivity index is 1.19. The number of aryl methyl sites for hydroxylation is 1. The number of nitrogens with zero attached hydrogens (tertiary/aromatic N) is 1. The zero-order valence-corrected chi connectivity index (χ0v) is 21.9. The van der Waals surface area contributed by atoms with Crippen LogP contribution in [0.5, 0.6) is 5.75 Å². The van der Waals surface area contributed by atoms with Crippen LogP contribution >= 0.6 is 11.6 Å². The van der Waals surface area contributed by atoms with E-state index < -0.39 is 0 Å². The van der Waals surface area contributed by atoms with Gasteiger partial charge in [-0.2, -0.15) is 0 Å². The molecule has 2 saturated carbocycles. The van der Waals surface area contributed by atoms with E-state index in [1.165, 1.54) is 44.9 Å². The molecule has 2 aliphatic rings. The number of pyridine rings is 1. The lowest BCUT2D eigenvalue weighted by molar-refractivity contribution is 0.141. The van der Waals surface area contributed by atoms with Crippen molar-refractivity contribution in [2.45, 2.75) is 63.8 Å². The van der Waals surface area contributed by atoms with E-state index in [4.69, 9.17) is 22.1 Å². The van der Waals surface area contributed by atoms with Crippen molar-refractivity contribution in [3.63, 3.8) is 0 Å². The molecule has 2 fully saturated rings. The Labute approximate surface area is 220 Å². The molecule has 2 aromatic carbocycles. The first-order valence-electron chi connectivity index (χ1n) is 13.3. The molecule has 5 rings (SSSR count). The first-order chi connectivity index (χ1) is 17.5. The quantitative estimate of drug-likeness (QED) is 0.342. The van der Waals surface area contributed by atoms with Crippen LogP contribution < -0.4 is 10.5 Å². The Morgan fingerprint density at radius 1 is 0.917 bits per heavy atom. The normalized spacial score (nSPS) is 17.6. The molecule has 0 radical (unpaired) electrons. The number of halogens is 1. The number of hydrogen-bond acceptors (Lipinski definition) is 3. The summed E-state index contributed by atoms with van der Waals surface area (Å²) in [6.45, 7) is 2.76. The fourth-order valence-corrected chi connectivity index (χ4v) is 5.77. The summed E-state index contributed by atoms with van der Waals surface area (Å²) in [5, 5.41) is 0.728. The molecule has 36 heavy (non-hydrogen) atoms. The standard InChI is InChI=1S/C32H35ClN2O/c1-23-21-24(7-16-30-17-11-26(22-35-30)25-9-14-29(33)15-10-25)8-18-31(23)36-20-19-32(34,28-12-13-28)27-5-3-2-4-6-27/h8-11,14-15,17-18,21-22,27-28H,2-6,12-13,19-20,34H2,1H3. The molecule has 3 nitrogen and oxygen atoms in total. The van der Waals surface area contributed by atoms with Gasteiger partial charge in [-0.25, -0.2) is 4.98 Å². The first kappa shape index (κ1) is 24.9. The molecule has 0 aliphatic heterocycles. The Kier molecular flexibility index (Phi) is 7.65. The Bertz CT molecular complexity index is 1230. The van der Waals surface area contributed by atoms with Gasteiger partial charge in [-0.15, -0.1) is 0 Å². The minimum Gasteiger partial charge on any atom is -0.493 e. The van der Waals surface area contributed by atoms with Gasteiger partial charge in [-0.05, 0) is 104 Å². The van der Waals surface area contributed by atoms with Crippen LogP contribution in [0.15, 0.2) is 60.8 Å². The van der Waals surface area contributed by atoms with E-state index in [1.54, 1.807) is 0 Å². The summed E-state index contributed by atoms with van der Waals surface area (Å²) in [5.41, 5.74) is 11.9. The smallest absolute Gasteiger partial charge is 0.122 e. The molecule has 3 aromatic rings. The Morgan fingerprint density at radius 2 is 1.64 bits per heavy atom. The van der Waals surface area contributed by atoms with E-state index in [0.29, 0.717) is 18.4 Å². The van der Waals surface area contributed by atoms with E-state index in [-0.39, 0.29) is 5.54 Å². The highest BCUT2D eigenvalue weighted by Crippen LogP contribution is 2.48. The van der Waals surface area contributed by atoms with Gasteiger partial charge in [0, 0.05) is 27.9 Å². The molecule has 1 aromatic heterocycles. The molecule has 2 aliphatic carbocycles. The summed E-state index contributed by atoms with van der Waals surface area (Å²) in [6.07, 6.45) is 12.0. The average molecular weight is 499 g/mol. The summed E-state index contributed by atoms with van der Waals surface area (Å²) in [6, 6.07) is 17.9. The molecular formula is C32H35ClN2O. The minimum absolute atomic E-state index is 0.0458. The fraction of sp³-hybridized carbons (Fsp3) is 0.406. The van der Waals surface area contributed by atoms with Crippen LogP contribution in [0.2, 0.25) is 5.02 Å². The maximum Gasteiger partial charge on any atom is 0.122 e. The molecule has 2 N–H and O–H groups in total. The molecular weight excluding hydrogens is 464 g/mol. The highest BCUT2D eigenvalue weighted by molar-refractivity contribution is 6.30. The summed E-state index contributed by atoms with van der Waals surface area (Å²) < 4.78 is 6.23. The largest absolute Gasteiger partial charge is 0.493 e. The van der Waals surface area contributed by atoms with Crippen LogP contribution in [0, 0.1) is 30.6 Å². The summed E-state index contributed by atoms with van der Waals surface area (Å²) >= 11 is 5.98. The number of nitrogens with two attached hydrogens (primary N) is 1. The van der Waals surface area contributed by atoms with Crippen LogP contribution in [-0.2, 0) is 0 Å². The van der Waals surface area contributed by atoms with Crippen molar-refractivity contribution in [1.29, 1.82) is 0 Å². The van der Waals surface area contributed by atoms with Crippen molar-refractivity contribution in [2.75, 3.05) is 6.61 Å². The van der Waals surface area contributed by atoms with Crippen molar-refractivity contribution >= 4 is 11.6 Å². The molecule has 186 valence electrons. The van der Waals surface area contributed by atoms with E-state index >= 15 is 0 Å². The van der Waals surface area contributed by atoms with Gasteiger partial charge in [-0.3, -0.25) is 0 Å². The third-order valence-corrected chi connectivity index (χ3v) is 8.20. The highest BCUT2D eigenvalue weighted by Gasteiger charge is 2.47. The number of benzene rings is 2. The van der Waals surface area contributed by atoms with Gasteiger partial charge in [0.25, 0.3) is 0 Å². The van der Waals surface area contributed by atoms with Gasteiger partial charge in [-0.1, -0.05) is 55.0 Å². The van der Waals surface area contributed by atoms with Gasteiger partial charge in [0.1, 0.15) is 11.4 Å². The maximum atomic E-state index is 7.04. The summed E-state index contributed by atoms with van der Waals surface area (Å²) in [7, 11) is 0. The van der Waals surface area contributed by atoms with Crippen molar-refractivity contribution in [3.05, 3.63) is 82.6 Å². The molecule has 1 unspecified atom stereocenters. The second-order valence-corrected chi connectivity index (χ2v) is 10.9. The van der Waals surface area contributed by atoms with Crippen LogP contribution in [0.1, 0.15) is 68.2 Å². The van der Waals surface area contributed by atoms with E-state index in [9.17, 15) is 0 Å². The van der Waals surface area contributed by atoms with Crippen LogP contribution in [0.4, 0.5) is 0 Å². The summed E-state index contributed by atoms with van der Waals surface area (Å²) in [5.74, 6) is 8.69. The van der Waals surface area contributed by atoms with E-state index in [2.05, 4.69) is 29.8 Å². The molecule has 0 spiro atoms. The lowest BCUT2D eigenvalue weighted by atomic mass is 9.71. The van der Waals surface area contributed by atoms with Gasteiger partial charge in [0.05, 0.1) is 6.61 Å². The zero-order chi connectivity index (χ0) is 25.0. The SMILES string of the molecule is Cc1cc(C#Cc2ccc(-c3ccc(Cl)cc3)cn2)ccc1OCCC(N)(C1CCCCC1)C1CC1. The monoisotopic (exact) mass is 498 g/mol. The number of aromatic nitrogens is 1. The molecule has 0 saturated heterocycles. The number of hydrogen-bond donors (Lipinski definition) is 1. The van der Waals surface area contributed by atoms with Crippen LogP contribution in [0.25, 0.3) is 11.1 Å². The van der Waals surface area contributed by atoms with E-state index in [0.717, 1.165) is 45.1 Å². The van der Waals surface area contributed by atoms with Crippen LogP contribution in [-0.4, -0.2) is 17.1 Å². The highest BCUT2D eigenvalue weighted by atomic mass is 35.5. The van der Waals surface area contributed by atoms with Crippen LogP contribution in [0.3, 0.4) is 0 Å². The average Bonchev–Trinajstić information content (AvgIpc) is 3.76. The number of rotatable bonds is 7. The Morgan fingerprint density at radius 3 is 2.31 bits per heavy atom. The second-order valence-electron chi connectivity index (χ2n) is 10.5. The third-order valence-electron chi connectivity index (χ3n) is 7.95. The molecule has 4 heteroatoms. The van der Waals surface area contributed by atoms with Gasteiger partial charge in [0.15, 0.2) is 0 Å². The molecule has 1 heterocycles. The first-order valence-corrected chi connectivity index (χ1v) is 13.7. The van der Waals surface area contributed by atoms with E-state index in [1.807, 2.05) is 54.7 Å². The van der Waals surface area contributed by atoms with Gasteiger partial charge in [0.2, 0.25) is 0 Å². The Hall–Kier alpha value is -2.80. The van der Waals surface area contributed by atoms with Crippen molar-refractivity contribution in [1.82, 2.24) is 4.98 Å². The summed E-state index contributed by atoms with van der Waals surface area (Å²) in [4.78, 5) is 4.51. The van der Waals surface area contributed by atoms with Gasteiger partial charge < -0.3 is 10.5 Å². The van der Waals surface area contributed by atoms with Gasteiger partial charge >= 0.3 is 0 Å². The van der Waals surface area contributed by atoms with Crippen molar-refractivity contribution in [3.8, 4) is 28.7 Å². The minimum atomic E-state index is -0.0458. The van der Waals surface area contributed by atoms with Crippen molar-refractivity contribution in [2.24, 2.45) is 17.6 Å². The fourth-order valence-electron chi connectivity index (χ4n) is 5.65. The van der Waals surface area contributed by atoms with Crippen molar-refractivity contribution < 1.29 is 4.74 Å².